The average Bonchev–Trinajstić information content (AvgIpc) is 3.60. The van der Waals surface area contributed by atoms with Crippen molar-refractivity contribution in [2.75, 3.05) is 0 Å². The first-order valence-corrected chi connectivity index (χ1v) is 14.5. The molecule has 0 aliphatic heterocycles. The van der Waals surface area contributed by atoms with Crippen LogP contribution in [0.4, 0.5) is 0 Å². The van der Waals surface area contributed by atoms with E-state index in [4.69, 9.17) is 10.2 Å². The van der Waals surface area contributed by atoms with Crippen molar-refractivity contribution in [3.8, 4) is 0 Å². The SMILES string of the molecule is CCC(NC(=O)CCCCCCCCCCn1c(=O)c2c(ncn2C)n(C)c1=O)C(O)O.c1ccc2[nH]ccc2c1. The average molecular weight is 569 g/mol. The van der Waals surface area contributed by atoms with Gasteiger partial charge in [0.25, 0.3) is 5.56 Å². The zero-order chi connectivity index (χ0) is 29.8. The number of unbranched alkanes of at least 4 members (excludes halogenated alkanes) is 7. The number of amides is 1. The molecule has 11 nitrogen and oxygen atoms in total. The van der Waals surface area contributed by atoms with E-state index in [1.165, 1.54) is 20.0 Å². The topological polar surface area (TPSA) is 147 Å². The Bertz CT molecular complexity index is 1470. The Kier molecular flexibility index (Phi) is 12.4. The van der Waals surface area contributed by atoms with Gasteiger partial charge in [0.1, 0.15) is 0 Å². The second-order valence-electron chi connectivity index (χ2n) is 10.5. The van der Waals surface area contributed by atoms with E-state index in [1.54, 1.807) is 31.9 Å². The minimum Gasteiger partial charge on any atom is -0.366 e. The lowest BCUT2D eigenvalue weighted by Crippen LogP contribution is -2.42. The number of aromatic nitrogens is 5. The number of benzene rings is 1. The number of rotatable bonds is 14. The van der Waals surface area contributed by atoms with E-state index in [1.807, 2.05) is 18.3 Å². The standard InChI is InChI=1S/C22H37N5O5.C8H7N/c1-4-16(21(30)31)24-17(28)13-11-9-7-5-6-8-10-12-14-27-20(29)18-19(23-15-25(18)2)26(3)22(27)32;1-2-4-8-7(3-1)5-6-9-8/h15-16,21,30-31H,4-14H2,1-3H3,(H,24,28);1-6,9H. The molecule has 0 saturated heterocycles. The number of aryl methyl sites for hydroxylation is 2. The molecule has 1 atom stereocenters. The molecule has 4 aromatic rings. The van der Waals surface area contributed by atoms with Crippen molar-refractivity contribution in [3.05, 3.63) is 63.7 Å². The van der Waals surface area contributed by atoms with Crippen LogP contribution in [0.1, 0.15) is 71.1 Å². The molecule has 3 aromatic heterocycles. The van der Waals surface area contributed by atoms with Crippen LogP contribution < -0.4 is 16.6 Å². The minimum absolute atomic E-state index is 0.143. The van der Waals surface area contributed by atoms with Gasteiger partial charge in [0.2, 0.25) is 5.91 Å². The first-order valence-electron chi connectivity index (χ1n) is 14.5. The Balaban J connectivity index is 0.000000428. The monoisotopic (exact) mass is 568 g/mol. The number of carbonyl (C=O) groups excluding carboxylic acids is 1. The molecule has 0 radical (unpaired) electrons. The third-order valence-electron chi connectivity index (χ3n) is 7.35. The summed E-state index contributed by atoms with van der Waals surface area (Å²) >= 11 is 0. The van der Waals surface area contributed by atoms with Gasteiger partial charge < -0.3 is 25.1 Å². The normalized spacial score (nSPS) is 12.0. The van der Waals surface area contributed by atoms with Crippen LogP contribution in [0, 0.1) is 0 Å². The van der Waals surface area contributed by atoms with Crippen LogP contribution >= 0.6 is 0 Å². The highest BCUT2D eigenvalue weighted by Gasteiger charge is 2.16. The van der Waals surface area contributed by atoms with E-state index in [-0.39, 0.29) is 17.2 Å². The second kappa shape index (κ2) is 15.9. The molecule has 0 aliphatic carbocycles. The number of hydrogen-bond donors (Lipinski definition) is 4. The number of para-hydroxylation sites is 1. The van der Waals surface area contributed by atoms with Gasteiger partial charge >= 0.3 is 5.69 Å². The Morgan fingerprint density at radius 2 is 1.63 bits per heavy atom. The number of carbonyl (C=O) groups is 1. The number of aliphatic hydroxyl groups excluding tert-OH is 1. The summed E-state index contributed by atoms with van der Waals surface area (Å²) in [6, 6.07) is 9.68. The van der Waals surface area contributed by atoms with Crippen molar-refractivity contribution in [2.24, 2.45) is 14.1 Å². The highest BCUT2D eigenvalue weighted by Crippen LogP contribution is 2.11. The molecule has 0 spiro atoms. The quantitative estimate of drug-likeness (QED) is 0.136. The van der Waals surface area contributed by atoms with E-state index in [2.05, 4.69) is 33.5 Å². The van der Waals surface area contributed by atoms with E-state index in [0.717, 1.165) is 51.4 Å². The minimum atomic E-state index is -1.52. The molecule has 224 valence electrons. The molecule has 1 aromatic carbocycles. The van der Waals surface area contributed by atoms with E-state index < -0.39 is 12.3 Å². The van der Waals surface area contributed by atoms with E-state index in [9.17, 15) is 14.4 Å². The lowest BCUT2D eigenvalue weighted by Gasteiger charge is -2.18. The smallest absolute Gasteiger partial charge is 0.332 e. The van der Waals surface area contributed by atoms with Gasteiger partial charge in [0, 0.05) is 38.8 Å². The highest BCUT2D eigenvalue weighted by molar-refractivity contribution is 5.78. The van der Waals surface area contributed by atoms with Gasteiger partial charge in [-0.2, -0.15) is 0 Å². The van der Waals surface area contributed by atoms with Crippen molar-refractivity contribution < 1.29 is 15.0 Å². The summed E-state index contributed by atoms with van der Waals surface area (Å²) in [5, 5.41) is 22.2. The molecular weight excluding hydrogens is 524 g/mol. The maximum atomic E-state index is 12.6. The van der Waals surface area contributed by atoms with Crippen molar-refractivity contribution in [3.63, 3.8) is 0 Å². The van der Waals surface area contributed by atoms with Crippen molar-refractivity contribution in [2.45, 2.75) is 90.0 Å². The Labute approximate surface area is 239 Å². The van der Waals surface area contributed by atoms with Gasteiger partial charge in [-0.3, -0.25) is 18.7 Å². The summed E-state index contributed by atoms with van der Waals surface area (Å²) in [6.45, 7) is 2.20. The van der Waals surface area contributed by atoms with Crippen LogP contribution in [0.5, 0.6) is 0 Å². The highest BCUT2D eigenvalue weighted by atomic mass is 16.5. The predicted octanol–water partition coefficient (Wildman–Crippen LogP) is 3.32. The van der Waals surface area contributed by atoms with Crippen LogP contribution in [0.3, 0.4) is 0 Å². The Morgan fingerprint density at radius 3 is 2.29 bits per heavy atom. The van der Waals surface area contributed by atoms with Crippen LogP contribution in [-0.2, 0) is 25.4 Å². The van der Waals surface area contributed by atoms with Gasteiger partial charge in [0.05, 0.1) is 12.4 Å². The molecule has 0 bridgehead atoms. The van der Waals surface area contributed by atoms with E-state index >= 15 is 0 Å². The number of fused-ring (bicyclic) bond motifs is 2. The fraction of sp³-hybridized carbons (Fsp3) is 0.533. The van der Waals surface area contributed by atoms with Crippen LogP contribution in [-0.4, -0.2) is 52.1 Å². The fourth-order valence-corrected chi connectivity index (χ4v) is 4.87. The van der Waals surface area contributed by atoms with Gasteiger partial charge in [-0.05, 0) is 36.8 Å². The molecule has 1 unspecified atom stereocenters. The molecule has 4 rings (SSSR count). The Morgan fingerprint density at radius 1 is 0.976 bits per heavy atom. The fourth-order valence-electron chi connectivity index (χ4n) is 4.87. The molecular formula is C30H44N6O5. The molecule has 0 fully saturated rings. The first-order chi connectivity index (χ1) is 19.7. The maximum Gasteiger partial charge on any atom is 0.332 e. The van der Waals surface area contributed by atoms with Crippen LogP contribution in [0.2, 0.25) is 0 Å². The zero-order valence-corrected chi connectivity index (χ0v) is 24.4. The zero-order valence-electron chi connectivity index (χ0n) is 24.4. The van der Waals surface area contributed by atoms with Gasteiger partial charge in [-0.15, -0.1) is 0 Å². The molecule has 41 heavy (non-hydrogen) atoms. The molecule has 0 saturated carbocycles. The molecule has 3 heterocycles. The summed E-state index contributed by atoms with van der Waals surface area (Å²) in [7, 11) is 3.38. The third-order valence-corrected chi connectivity index (χ3v) is 7.35. The lowest BCUT2D eigenvalue weighted by molar-refractivity contribution is -0.127. The summed E-state index contributed by atoms with van der Waals surface area (Å²) in [4.78, 5) is 44.2. The number of hydrogen-bond acceptors (Lipinski definition) is 6. The summed E-state index contributed by atoms with van der Waals surface area (Å²) in [5.41, 5.74) is 1.44. The molecule has 1 amide bonds. The summed E-state index contributed by atoms with van der Waals surface area (Å²) in [6.07, 6.45) is 10.5. The predicted molar refractivity (Wildman–Crippen MR) is 161 cm³/mol. The number of nitrogens with one attached hydrogen (secondary N) is 2. The number of H-pyrrole nitrogens is 1. The van der Waals surface area contributed by atoms with Crippen molar-refractivity contribution in [1.82, 2.24) is 29.0 Å². The third kappa shape index (κ3) is 8.89. The van der Waals surface area contributed by atoms with Gasteiger partial charge in [0.15, 0.2) is 17.5 Å². The number of aromatic amines is 1. The molecule has 0 aliphatic rings. The lowest BCUT2D eigenvalue weighted by atomic mass is 10.1. The first kappa shape index (κ1) is 31.8. The number of aliphatic hydroxyl groups is 2. The second-order valence-corrected chi connectivity index (χ2v) is 10.5. The molecule has 4 N–H and O–H groups in total. The number of imidazole rings is 1. The van der Waals surface area contributed by atoms with Crippen molar-refractivity contribution >= 4 is 28.0 Å². The van der Waals surface area contributed by atoms with Crippen LogP contribution in [0.15, 0.2) is 52.4 Å². The summed E-state index contributed by atoms with van der Waals surface area (Å²) < 4.78 is 4.37. The molecule has 11 heteroatoms. The van der Waals surface area contributed by atoms with Crippen molar-refractivity contribution in [1.29, 1.82) is 0 Å². The Hall–Kier alpha value is -3.70. The maximum absolute atomic E-state index is 12.6. The van der Waals surface area contributed by atoms with Gasteiger partial charge in [-0.1, -0.05) is 63.6 Å². The largest absolute Gasteiger partial charge is 0.366 e. The van der Waals surface area contributed by atoms with Crippen LogP contribution in [0.25, 0.3) is 22.1 Å². The summed E-state index contributed by atoms with van der Waals surface area (Å²) in [5.74, 6) is -0.143. The van der Waals surface area contributed by atoms with Gasteiger partial charge in [-0.25, -0.2) is 9.78 Å². The van der Waals surface area contributed by atoms with E-state index in [0.29, 0.717) is 30.6 Å². The number of nitrogens with zero attached hydrogens (tertiary/aromatic N) is 4.